The SMILES string of the molecule is O=C(O)C=CC(=O)O.O=C(O)CCC(=O)O.O=C(O)c1ccccc1C(=O)O. The van der Waals surface area contributed by atoms with Crippen molar-refractivity contribution >= 4 is 35.8 Å². The van der Waals surface area contributed by atoms with E-state index in [-0.39, 0.29) is 24.0 Å². The largest absolute Gasteiger partial charge is 0.481 e. The lowest BCUT2D eigenvalue weighted by Crippen LogP contribution is -2.06. The molecule has 0 atom stereocenters. The Bertz CT molecular complexity index is 700. The molecule has 0 unspecified atom stereocenters. The fourth-order valence-electron chi connectivity index (χ4n) is 1.21. The molecule has 0 aromatic heterocycles. The summed E-state index contributed by atoms with van der Waals surface area (Å²) in [6.45, 7) is 0. The van der Waals surface area contributed by atoms with Crippen molar-refractivity contribution in [3.8, 4) is 0 Å². The van der Waals surface area contributed by atoms with Gasteiger partial charge in [0.25, 0.3) is 0 Å². The van der Waals surface area contributed by atoms with Crippen molar-refractivity contribution in [2.75, 3.05) is 0 Å². The lowest BCUT2D eigenvalue weighted by Gasteiger charge is -1.98. The van der Waals surface area contributed by atoms with Crippen molar-refractivity contribution in [3.05, 3.63) is 47.5 Å². The molecule has 6 N–H and O–H groups in total. The molecule has 28 heavy (non-hydrogen) atoms. The predicted octanol–water partition coefficient (Wildman–Crippen LogP) is 0.731. The van der Waals surface area contributed by atoms with E-state index in [0.717, 1.165) is 0 Å². The maximum atomic E-state index is 10.5. The van der Waals surface area contributed by atoms with E-state index in [4.69, 9.17) is 30.6 Å². The minimum atomic E-state index is -1.26. The second-order valence-corrected chi connectivity index (χ2v) is 4.45. The third-order valence-electron chi connectivity index (χ3n) is 2.31. The van der Waals surface area contributed by atoms with Crippen molar-refractivity contribution in [1.29, 1.82) is 0 Å². The van der Waals surface area contributed by atoms with Gasteiger partial charge in [0.1, 0.15) is 0 Å². The first-order valence-electron chi connectivity index (χ1n) is 7.01. The van der Waals surface area contributed by atoms with Gasteiger partial charge in [-0.25, -0.2) is 19.2 Å². The first-order valence-corrected chi connectivity index (χ1v) is 7.01. The summed E-state index contributed by atoms with van der Waals surface area (Å²) in [6, 6.07) is 5.48. The number of aromatic carboxylic acids is 2. The predicted molar refractivity (Wildman–Crippen MR) is 89.3 cm³/mol. The smallest absolute Gasteiger partial charge is 0.336 e. The fourth-order valence-corrected chi connectivity index (χ4v) is 1.21. The molecular formula is C16H16O12. The van der Waals surface area contributed by atoms with Crippen LogP contribution in [0.3, 0.4) is 0 Å². The molecule has 0 aliphatic heterocycles. The minimum absolute atomic E-state index is 0.190. The van der Waals surface area contributed by atoms with E-state index in [0.29, 0.717) is 12.2 Å². The average molecular weight is 400 g/mol. The van der Waals surface area contributed by atoms with Gasteiger partial charge in [-0.3, -0.25) is 9.59 Å². The summed E-state index contributed by atoms with van der Waals surface area (Å²) in [5.74, 6) is -7.12. The Labute approximate surface area is 156 Å². The highest BCUT2D eigenvalue weighted by atomic mass is 16.4. The maximum absolute atomic E-state index is 10.5. The summed E-state index contributed by atoms with van der Waals surface area (Å²) in [6.07, 6.45) is 0.523. The average Bonchev–Trinajstić information content (AvgIpc) is 2.59. The molecule has 0 heterocycles. The molecular weight excluding hydrogens is 384 g/mol. The lowest BCUT2D eigenvalue weighted by molar-refractivity contribution is -0.143. The number of hydrogen-bond donors (Lipinski definition) is 6. The topological polar surface area (TPSA) is 224 Å². The lowest BCUT2D eigenvalue weighted by atomic mass is 10.1. The Hall–Kier alpha value is -4.22. The van der Waals surface area contributed by atoms with Crippen LogP contribution in [-0.4, -0.2) is 66.5 Å². The summed E-state index contributed by atoms with van der Waals surface area (Å²) >= 11 is 0. The van der Waals surface area contributed by atoms with E-state index < -0.39 is 35.8 Å². The van der Waals surface area contributed by atoms with E-state index in [1.54, 1.807) is 0 Å². The summed E-state index contributed by atoms with van der Waals surface area (Å²) in [4.78, 5) is 59.3. The van der Waals surface area contributed by atoms with Crippen LogP contribution in [0.25, 0.3) is 0 Å². The molecule has 0 saturated carbocycles. The van der Waals surface area contributed by atoms with Crippen LogP contribution < -0.4 is 0 Å². The second-order valence-electron chi connectivity index (χ2n) is 4.45. The van der Waals surface area contributed by atoms with Gasteiger partial charge in [0.15, 0.2) is 0 Å². The molecule has 152 valence electrons. The minimum Gasteiger partial charge on any atom is -0.481 e. The maximum Gasteiger partial charge on any atom is 0.336 e. The van der Waals surface area contributed by atoms with E-state index in [1.807, 2.05) is 0 Å². The molecule has 1 rings (SSSR count). The van der Waals surface area contributed by atoms with Crippen molar-refractivity contribution in [3.63, 3.8) is 0 Å². The number of carbonyl (C=O) groups is 6. The highest BCUT2D eigenvalue weighted by Crippen LogP contribution is 2.07. The van der Waals surface area contributed by atoms with Crippen LogP contribution in [0.15, 0.2) is 36.4 Å². The summed E-state index contributed by atoms with van der Waals surface area (Å²) in [5.41, 5.74) is -0.380. The van der Waals surface area contributed by atoms with Gasteiger partial charge in [0.2, 0.25) is 0 Å². The number of benzene rings is 1. The van der Waals surface area contributed by atoms with Crippen LogP contribution in [0.5, 0.6) is 0 Å². The Morgan fingerprint density at radius 1 is 0.607 bits per heavy atom. The highest BCUT2D eigenvalue weighted by molar-refractivity contribution is 6.01. The van der Waals surface area contributed by atoms with Gasteiger partial charge in [-0.1, -0.05) is 12.1 Å². The van der Waals surface area contributed by atoms with Crippen LogP contribution in [0.4, 0.5) is 0 Å². The summed E-state index contributed by atoms with van der Waals surface area (Å²) < 4.78 is 0. The number of aliphatic carboxylic acids is 4. The molecule has 1 aromatic carbocycles. The highest BCUT2D eigenvalue weighted by Gasteiger charge is 2.13. The van der Waals surface area contributed by atoms with Crippen LogP contribution in [0, 0.1) is 0 Å². The van der Waals surface area contributed by atoms with Gasteiger partial charge < -0.3 is 30.6 Å². The third-order valence-corrected chi connectivity index (χ3v) is 2.31. The number of hydrogen-bond acceptors (Lipinski definition) is 6. The van der Waals surface area contributed by atoms with Gasteiger partial charge in [-0.05, 0) is 12.1 Å². The van der Waals surface area contributed by atoms with Crippen molar-refractivity contribution < 1.29 is 59.4 Å². The quantitative estimate of drug-likeness (QED) is 0.348. The molecule has 0 aliphatic rings. The van der Waals surface area contributed by atoms with Crippen molar-refractivity contribution in [1.82, 2.24) is 0 Å². The molecule has 12 nitrogen and oxygen atoms in total. The standard InChI is InChI=1S/C8H6O4.C4H6O4.C4H4O4/c9-7(10)5-3-1-2-4-6(5)8(11)12;2*5-3(6)1-2-4(7)8/h1-4H,(H,9,10)(H,11,12);1-2H2,(H,5,6)(H,7,8);1-2H,(H,5,6)(H,7,8). The molecule has 12 heteroatoms. The summed E-state index contributed by atoms with van der Waals surface area (Å²) in [7, 11) is 0. The molecule has 0 radical (unpaired) electrons. The van der Waals surface area contributed by atoms with Gasteiger partial charge in [0.05, 0.1) is 24.0 Å². The molecule has 0 fully saturated rings. The molecule has 0 saturated heterocycles. The second kappa shape index (κ2) is 14.0. The van der Waals surface area contributed by atoms with Gasteiger partial charge in [0, 0.05) is 12.2 Å². The van der Waals surface area contributed by atoms with Crippen molar-refractivity contribution in [2.24, 2.45) is 0 Å². The van der Waals surface area contributed by atoms with Gasteiger partial charge >= 0.3 is 35.8 Å². The number of rotatable bonds is 7. The Morgan fingerprint density at radius 3 is 1.07 bits per heavy atom. The Kier molecular flexibility index (Phi) is 13.0. The van der Waals surface area contributed by atoms with Gasteiger partial charge in [-0.15, -0.1) is 0 Å². The zero-order chi connectivity index (χ0) is 22.3. The van der Waals surface area contributed by atoms with Crippen LogP contribution in [0.2, 0.25) is 0 Å². The first kappa shape index (κ1) is 26.0. The molecule has 0 aliphatic carbocycles. The number of carboxylic acid groups (broad SMARTS) is 6. The van der Waals surface area contributed by atoms with Crippen molar-refractivity contribution in [2.45, 2.75) is 12.8 Å². The molecule has 0 spiro atoms. The monoisotopic (exact) mass is 400 g/mol. The van der Waals surface area contributed by atoms with E-state index in [1.165, 1.54) is 24.3 Å². The van der Waals surface area contributed by atoms with Gasteiger partial charge in [-0.2, -0.15) is 0 Å². The zero-order valence-electron chi connectivity index (χ0n) is 14.0. The van der Waals surface area contributed by atoms with E-state index >= 15 is 0 Å². The van der Waals surface area contributed by atoms with Crippen LogP contribution >= 0.6 is 0 Å². The molecule has 1 aromatic rings. The Balaban J connectivity index is 0. The third kappa shape index (κ3) is 15.3. The zero-order valence-corrected chi connectivity index (χ0v) is 14.0. The summed E-state index contributed by atoms with van der Waals surface area (Å²) in [5, 5.41) is 48.5. The van der Waals surface area contributed by atoms with Crippen LogP contribution in [0.1, 0.15) is 33.6 Å². The fraction of sp³-hybridized carbons (Fsp3) is 0.125. The van der Waals surface area contributed by atoms with Crippen LogP contribution in [-0.2, 0) is 19.2 Å². The van der Waals surface area contributed by atoms with E-state index in [2.05, 4.69) is 0 Å². The van der Waals surface area contributed by atoms with E-state index in [9.17, 15) is 28.8 Å². The first-order chi connectivity index (χ1) is 12.9. The number of carboxylic acids is 6. The molecule has 0 amide bonds. The Morgan fingerprint density at radius 2 is 0.893 bits per heavy atom. The molecule has 0 bridgehead atoms. The normalized spacial score (nSPS) is 9.14.